The molecule has 1 aliphatic carbocycles. The molecule has 1 aromatic heterocycles. The predicted octanol–water partition coefficient (Wildman–Crippen LogP) is 1.67. The molecule has 2 heterocycles. The largest absolute Gasteiger partial charge is 0.366 e. The standard InChI is InChI=1S/C14H18FN3O/c15-12-10-16-5-4-13(12)17-6-8-18(9-7-17)14(19)11-2-1-3-11/h4-5,10-11H,1-3,6-9H2. The van der Waals surface area contributed by atoms with Crippen molar-refractivity contribution in [2.24, 2.45) is 5.92 Å². The number of halogens is 1. The van der Waals surface area contributed by atoms with Crippen molar-refractivity contribution in [3.8, 4) is 0 Å². The quantitative estimate of drug-likeness (QED) is 0.814. The summed E-state index contributed by atoms with van der Waals surface area (Å²) in [5.41, 5.74) is 0.589. The third kappa shape index (κ3) is 2.41. The molecule has 5 heteroatoms. The van der Waals surface area contributed by atoms with Crippen molar-refractivity contribution in [1.29, 1.82) is 0 Å². The van der Waals surface area contributed by atoms with E-state index in [1.165, 1.54) is 12.6 Å². The van der Waals surface area contributed by atoms with Gasteiger partial charge in [0.15, 0.2) is 5.82 Å². The van der Waals surface area contributed by atoms with Gasteiger partial charge in [-0.05, 0) is 18.9 Å². The first-order valence-corrected chi connectivity index (χ1v) is 6.89. The van der Waals surface area contributed by atoms with Crippen molar-refractivity contribution in [2.75, 3.05) is 31.1 Å². The lowest BCUT2D eigenvalue weighted by Crippen LogP contribution is -2.51. The molecule has 1 saturated carbocycles. The highest BCUT2D eigenvalue weighted by atomic mass is 19.1. The summed E-state index contributed by atoms with van der Waals surface area (Å²) in [7, 11) is 0. The molecule has 0 unspecified atom stereocenters. The Balaban J connectivity index is 1.60. The van der Waals surface area contributed by atoms with Gasteiger partial charge in [-0.25, -0.2) is 4.39 Å². The second-order valence-corrected chi connectivity index (χ2v) is 5.27. The molecule has 1 aliphatic heterocycles. The number of carbonyl (C=O) groups is 1. The molecule has 0 bridgehead atoms. The smallest absolute Gasteiger partial charge is 0.225 e. The summed E-state index contributed by atoms with van der Waals surface area (Å²) in [6, 6.07) is 1.69. The van der Waals surface area contributed by atoms with Crippen LogP contribution in [-0.4, -0.2) is 42.0 Å². The normalized spacial score (nSPS) is 20.3. The van der Waals surface area contributed by atoms with Crippen molar-refractivity contribution in [1.82, 2.24) is 9.88 Å². The van der Waals surface area contributed by atoms with Crippen LogP contribution in [0.1, 0.15) is 19.3 Å². The Morgan fingerprint density at radius 1 is 1.26 bits per heavy atom. The molecule has 19 heavy (non-hydrogen) atoms. The predicted molar refractivity (Wildman–Crippen MR) is 70.3 cm³/mol. The molecule has 102 valence electrons. The zero-order valence-electron chi connectivity index (χ0n) is 10.9. The van der Waals surface area contributed by atoms with E-state index in [0.717, 1.165) is 12.8 Å². The first-order valence-electron chi connectivity index (χ1n) is 6.89. The van der Waals surface area contributed by atoms with E-state index in [9.17, 15) is 9.18 Å². The summed E-state index contributed by atoms with van der Waals surface area (Å²) in [6.07, 6.45) is 6.10. The summed E-state index contributed by atoms with van der Waals surface area (Å²) < 4.78 is 13.6. The van der Waals surface area contributed by atoms with Gasteiger partial charge in [-0.1, -0.05) is 6.42 Å². The van der Waals surface area contributed by atoms with Gasteiger partial charge in [-0.2, -0.15) is 0 Å². The van der Waals surface area contributed by atoms with E-state index < -0.39 is 0 Å². The molecular formula is C14H18FN3O. The lowest BCUT2D eigenvalue weighted by Gasteiger charge is -2.39. The maximum atomic E-state index is 13.6. The van der Waals surface area contributed by atoms with Crippen molar-refractivity contribution < 1.29 is 9.18 Å². The van der Waals surface area contributed by atoms with Gasteiger partial charge in [-0.3, -0.25) is 9.78 Å². The zero-order valence-corrected chi connectivity index (χ0v) is 10.9. The topological polar surface area (TPSA) is 36.4 Å². The summed E-state index contributed by atoms with van der Waals surface area (Å²) in [4.78, 5) is 19.8. The van der Waals surface area contributed by atoms with Gasteiger partial charge < -0.3 is 9.80 Å². The number of piperazine rings is 1. The Bertz CT molecular complexity index is 468. The average molecular weight is 263 g/mol. The van der Waals surface area contributed by atoms with Crippen LogP contribution in [0.3, 0.4) is 0 Å². The Morgan fingerprint density at radius 3 is 2.58 bits per heavy atom. The van der Waals surface area contributed by atoms with Gasteiger partial charge in [0.1, 0.15) is 0 Å². The Labute approximate surface area is 112 Å². The van der Waals surface area contributed by atoms with Crippen molar-refractivity contribution in [3.05, 3.63) is 24.3 Å². The minimum atomic E-state index is -0.290. The fourth-order valence-corrected chi connectivity index (χ4v) is 2.71. The number of anilines is 1. The summed E-state index contributed by atoms with van der Waals surface area (Å²) in [5.74, 6) is 0.256. The maximum absolute atomic E-state index is 13.6. The molecular weight excluding hydrogens is 245 g/mol. The molecule has 2 fully saturated rings. The number of carbonyl (C=O) groups excluding carboxylic acids is 1. The summed E-state index contributed by atoms with van der Waals surface area (Å²) >= 11 is 0. The van der Waals surface area contributed by atoms with E-state index in [1.54, 1.807) is 12.3 Å². The molecule has 0 radical (unpaired) electrons. The van der Waals surface area contributed by atoms with Crippen LogP contribution < -0.4 is 4.90 Å². The number of rotatable bonds is 2. The van der Waals surface area contributed by atoms with Gasteiger partial charge in [0.25, 0.3) is 0 Å². The van der Waals surface area contributed by atoms with Crippen LogP contribution in [0.4, 0.5) is 10.1 Å². The molecule has 0 atom stereocenters. The van der Waals surface area contributed by atoms with E-state index in [-0.39, 0.29) is 11.7 Å². The van der Waals surface area contributed by atoms with Gasteiger partial charge >= 0.3 is 0 Å². The third-order valence-corrected chi connectivity index (χ3v) is 4.14. The second kappa shape index (κ2) is 5.15. The molecule has 1 aromatic rings. The molecule has 1 amide bonds. The monoisotopic (exact) mass is 263 g/mol. The van der Waals surface area contributed by atoms with Crippen LogP contribution in [-0.2, 0) is 4.79 Å². The van der Waals surface area contributed by atoms with Crippen LogP contribution >= 0.6 is 0 Å². The number of hydrogen-bond acceptors (Lipinski definition) is 3. The van der Waals surface area contributed by atoms with Gasteiger partial charge in [-0.15, -0.1) is 0 Å². The molecule has 1 saturated heterocycles. The van der Waals surface area contributed by atoms with E-state index in [2.05, 4.69) is 4.98 Å². The zero-order chi connectivity index (χ0) is 13.2. The number of aromatic nitrogens is 1. The molecule has 0 N–H and O–H groups in total. The van der Waals surface area contributed by atoms with Crippen LogP contribution in [0.5, 0.6) is 0 Å². The lowest BCUT2D eigenvalue weighted by atomic mass is 9.84. The fourth-order valence-electron chi connectivity index (χ4n) is 2.71. The molecule has 2 aliphatic rings. The van der Waals surface area contributed by atoms with Gasteiger partial charge in [0.2, 0.25) is 5.91 Å². The molecule has 4 nitrogen and oxygen atoms in total. The summed E-state index contributed by atoms with van der Waals surface area (Å²) in [6.45, 7) is 2.77. The van der Waals surface area contributed by atoms with Crippen LogP contribution in [0.15, 0.2) is 18.5 Å². The maximum Gasteiger partial charge on any atom is 0.225 e. The molecule has 0 spiro atoms. The first kappa shape index (κ1) is 12.4. The molecule has 3 rings (SSSR count). The Morgan fingerprint density at radius 2 is 2.00 bits per heavy atom. The van der Waals surface area contributed by atoms with Crippen molar-refractivity contribution in [3.63, 3.8) is 0 Å². The van der Waals surface area contributed by atoms with Gasteiger partial charge in [0, 0.05) is 38.3 Å². The number of pyridine rings is 1. The highest BCUT2D eigenvalue weighted by Crippen LogP contribution is 2.29. The summed E-state index contributed by atoms with van der Waals surface area (Å²) in [5, 5.41) is 0. The van der Waals surface area contributed by atoms with Crippen LogP contribution in [0.2, 0.25) is 0 Å². The van der Waals surface area contributed by atoms with Crippen LogP contribution in [0.25, 0.3) is 0 Å². The fraction of sp³-hybridized carbons (Fsp3) is 0.571. The van der Waals surface area contributed by atoms with E-state index in [4.69, 9.17) is 0 Å². The van der Waals surface area contributed by atoms with E-state index in [1.807, 2.05) is 9.80 Å². The third-order valence-electron chi connectivity index (χ3n) is 4.14. The number of nitrogens with zero attached hydrogens (tertiary/aromatic N) is 3. The first-order chi connectivity index (χ1) is 9.25. The van der Waals surface area contributed by atoms with Crippen LogP contribution in [0, 0.1) is 11.7 Å². The Kier molecular flexibility index (Phi) is 3.36. The van der Waals surface area contributed by atoms with Gasteiger partial charge in [0.05, 0.1) is 11.9 Å². The number of amides is 1. The molecule has 0 aromatic carbocycles. The Hall–Kier alpha value is -1.65. The number of hydrogen-bond donors (Lipinski definition) is 0. The van der Waals surface area contributed by atoms with Crippen molar-refractivity contribution in [2.45, 2.75) is 19.3 Å². The average Bonchev–Trinajstić information content (AvgIpc) is 2.37. The van der Waals surface area contributed by atoms with E-state index >= 15 is 0 Å². The SMILES string of the molecule is O=C(C1CCC1)N1CCN(c2ccncc2F)CC1. The minimum absolute atomic E-state index is 0.254. The van der Waals surface area contributed by atoms with Crippen molar-refractivity contribution >= 4 is 11.6 Å². The highest BCUT2D eigenvalue weighted by molar-refractivity contribution is 5.79. The second-order valence-electron chi connectivity index (χ2n) is 5.27. The van der Waals surface area contributed by atoms with E-state index in [0.29, 0.717) is 37.8 Å². The highest BCUT2D eigenvalue weighted by Gasteiger charge is 2.31. The minimum Gasteiger partial charge on any atom is -0.366 e. The lowest BCUT2D eigenvalue weighted by molar-refractivity contribution is -0.138.